The maximum Gasteiger partial charge on any atom is 0.219 e. The standard InChI is InChI=1S/C20H24N4O2/c1-4-12-23-20(21-5-2)24-15-16-11-13-22-19(14-16)26-18-9-7-17(8-10-18)25-6-3/h1,7-11,13-14H,5-6,12,15H2,2-3H3,(H2,21,23,24). The van der Waals surface area contributed by atoms with Crippen LogP contribution in [0.4, 0.5) is 0 Å². The van der Waals surface area contributed by atoms with Gasteiger partial charge in [0.15, 0.2) is 5.96 Å². The largest absolute Gasteiger partial charge is 0.494 e. The van der Waals surface area contributed by atoms with Crippen molar-refractivity contribution in [1.29, 1.82) is 0 Å². The number of guanidine groups is 1. The molecule has 0 spiro atoms. The van der Waals surface area contributed by atoms with E-state index >= 15 is 0 Å². The first kappa shape index (κ1) is 19.1. The summed E-state index contributed by atoms with van der Waals surface area (Å²) in [4.78, 5) is 8.75. The predicted octanol–water partition coefficient (Wildman–Crippen LogP) is 2.96. The number of nitrogens with zero attached hydrogens (tertiary/aromatic N) is 2. The van der Waals surface area contributed by atoms with E-state index in [1.807, 2.05) is 50.2 Å². The van der Waals surface area contributed by atoms with Crippen molar-refractivity contribution in [3.8, 4) is 29.7 Å². The van der Waals surface area contributed by atoms with Crippen LogP contribution in [0.2, 0.25) is 0 Å². The summed E-state index contributed by atoms with van der Waals surface area (Å²) in [5, 5.41) is 6.20. The Balaban J connectivity index is 2.01. The average Bonchev–Trinajstić information content (AvgIpc) is 2.66. The van der Waals surface area contributed by atoms with E-state index < -0.39 is 0 Å². The maximum atomic E-state index is 5.80. The highest BCUT2D eigenvalue weighted by Crippen LogP contribution is 2.23. The van der Waals surface area contributed by atoms with E-state index in [9.17, 15) is 0 Å². The van der Waals surface area contributed by atoms with Crippen LogP contribution >= 0.6 is 0 Å². The lowest BCUT2D eigenvalue weighted by Crippen LogP contribution is -2.37. The second kappa shape index (κ2) is 10.6. The molecule has 0 aliphatic heterocycles. The smallest absolute Gasteiger partial charge is 0.219 e. The third-order valence-corrected chi connectivity index (χ3v) is 3.28. The third-order valence-electron chi connectivity index (χ3n) is 3.28. The van der Waals surface area contributed by atoms with Crippen molar-refractivity contribution in [3.05, 3.63) is 48.2 Å². The maximum absolute atomic E-state index is 5.80. The Labute approximate surface area is 154 Å². The summed E-state index contributed by atoms with van der Waals surface area (Å²) in [5.41, 5.74) is 0.985. The van der Waals surface area contributed by atoms with Gasteiger partial charge in [0.05, 0.1) is 19.7 Å². The van der Waals surface area contributed by atoms with E-state index in [0.717, 1.165) is 17.9 Å². The molecule has 0 radical (unpaired) electrons. The van der Waals surface area contributed by atoms with E-state index in [0.29, 0.717) is 37.3 Å². The molecule has 0 bridgehead atoms. The van der Waals surface area contributed by atoms with Crippen LogP contribution in [0.15, 0.2) is 47.6 Å². The van der Waals surface area contributed by atoms with Crippen molar-refractivity contribution in [2.45, 2.75) is 20.4 Å². The molecule has 0 unspecified atom stereocenters. The summed E-state index contributed by atoms with van der Waals surface area (Å²) in [6.45, 7) is 6.26. The molecular weight excluding hydrogens is 328 g/mol. The molecule has 0 aliphatic rings. The van der Waals surface area contributed by atoms with Crippen molar-refractivity contribution in [1.82, 2.24) is 15.6 Å². The normalized spacial score (nSPS) is 10.7. The number of aliphatic imine (C=N–C) groups is 1. The van der Waals surface area contributed by atoms with Gasteiger partial charge in [0, 0.05) is 18.8 Å². The van der Waals surface area contributed by atoms with Crippen LogP contribution in [0.5, 0.6) is 17.4 Å². The van der Waals surface area contributed by atoms with Crippen molar-refractivity contribution in [2.24, 2.45) is 4.99 Å². The zero-order valence-electron chi connectivity index (χ0n) is 15.2. The van der Waals surface area contributed by atoms with Crippen molar-refractivity contribution >= 4 is 5.96 Å². The molecule has 0 saturated heterocycles. The Morgan fingerprint density at radius 2 is 1.92 bits per heavy atom. The number of hydrogen-bond acceptors (Lipinski definition) is 4. The van der Waals surface area contributed by atoms with Crippen LogP contribution in [0.3, 0.4) is 0 Å². The molecule has 0 saturated carbocycles. The molecule has 1 aromatic carbocycles. The van der Waals surface area contributed by atoms with Crippen molar-refractivity contribution < 1.29 is 9.47 Å². The number of terminal acetylenes is 1. The Morgan fingerprint density at radius 1 is 1.15 bits per heavy atom. The number of ether oxygens (including phenoxy) is 2. The summed E-state index contributed by atoms with van der Waals surface area (Å²) in [5.74, 6) is 5.24. The fourth-order valence-corrected chi connectivity index (χ4v) is 2.14. The van der Waals surface area contributed by atoms with Crippen molar-refractivity contribution in [3.63, 3.8) is 0 Å². The number of benzene rings is 1. The zero-order chi connectivity index (χ0) is 18.6. The zero-order valence-corrected chi connectivity index (χ0v) is 15.2. The lowest BCUT2D eigenvalue weighted by atomic mass is 10.2. The van der Waals surface area contributed by atoms with Gasteiger partial charge < -0.3 is 20.1 Å². The Hall–Kier alpha value is -3.20. The molecule has 1 heterocycles. The number of rotatable bonds is 8. The van der Waals surface area contributed by atoms with Gasteiger partial charge in [0.25, 0.3) is 0 Å². The van der Waals surface area contributed by atoms with E-state index in [1.165, 1.54) is 0 Å². The molecule has 1 aromatic heterocycles. The molecule has 2 N–H and O–H groups in total. The summed E-state index contributed by atoms with van der Waals surface area (Å²) in [6, 6.07) is 11.2. The molecule has 2 aromatic rings. The molecule has 0 aliphatic carbocycles. The first-order chi connectivity index (χ1) is 12.7. The summed E-state index contributed by atoms with van der Waals surface area (Å²) < 4.78 is 11.2. The van der Waals surface area contributed by atoms with Gasteiger partial charge in [0.1, 0.15) is 11.5 Å². The molecule has 136 valence electrons. The fraction of sp³-hybridized carbons (Fsp3) is 0.300. The average molecular weight is 352 g/mol. The molecule has 6 nitrogen and oxygen atoms in total. The second-order valence-electron chi connectivity index (χ2n) is 5.26. The van der Waals surface area contributed by atoms with Gasteiger partial charge in [-0.1, -0.05) is 5.92 Å². The van der Waals surface area contributed by atoms with E-state index in [1.54, 1.807) is 6.20 Å². The second-order valence-corrected chi connectivity index (χ2v) is 5.26. The third kappa shape index (κ3) is 6.36. The van der Waals surface area contributed by atoms with Crippen molar-refractivity contribution in [2.75, 3.05) is 19.7 Å². The van der Waals surface area contributed by atoms with Crippen LogP contribution in [0.1, 0.15) is 19.4 Å². The number of pyridine rings is 1. The topological polar surface area (TPSA) is 67.8 Å². The van der Waals surface area contributed by atoms with Gasteiger partial charge in [-0.05, 0) is 49.7 Å². The molecular formula is C20H24N4O2. The molecule has 0 amide bonds. The molecule has 0 atom stereocenters. The monoisotopic (exact) mass is 352 g/mol. The van der Waals surface area contributed by atoms with E-state index in [-0.39, 0.29) is 0 Å². The Bertz CT molecular complexity index is 751. The Morgan fingerprint density at radius 3 is 2.62 bits per heavy atom. The van der Waals surface area contributed by atoms with Gasteiger partial charge in [-0.2, -0.15) is 0 Å². The highest BCUT2D eigenvalue weighted by molar-refractivity contribution is 5.79. The molecule has 26 heavy (non-hydrogen) atoms. The van der Waals surface area contributed by atoms with Gasteiger partial charge in [-0.15, -0.1) is 6.42 Å². The first-order valence-corrected chi connectivity index (χ1v) is 8.56. The summed E-state index contributed by atoms with van der Waals surface area (Å²) in [7, 11) is 0. The van der Waals surface area contributed by atoms with Crippen LogP contribution in [0.25, 0.3) is 0 Å². The predicted molar refractivity (Wildman–Crippen MR) is 104 cm³/mol. The number of aromatic nitrogens is 1. The van der Waals surface area contributed by atoms with Gasteiger partial charge in [-0.25, -0.2) is 9.98 Å². The highest BCUT2D eigenvalue weighted by Gasteiger charge is 2.02. The minimum absolute atomic E-state index is 0.425. The first-order valence-electron chi connectivity index (χ1n) is 8.56. The van der Waals surface area contributed by atoms with Crippen LogP contribution in [0, 0.1) is 12.3 Å². The van der Waals surface area contributed by atoms with Crippen LogP contribution < -0.4 is 20.1 Å². The molecule has 6 heteroatoms. The lowest BCUT2D eigenvalue weighted by Gasteiger charge is -2.09. The SMILES string of the molecule is C#CCNC(=NCc1ccnc(Oc2ccc(OCC)cc2)c1)NCC. The quantitative estimate of drug-likeness (QED) is 0.434. The number of hydrogen-bond donors (Lipinski definition) is 2. The van der Waals surface area contributed by atoms with Gasteiger partial charge in [-0.3, -0.25) is 0 Å². The minimum atomic E-state index is 0.425. The Kier molecular flexibility index (Phi) is 7.81. The lowest BCUT2D eigenvalue weighted by molar-refractivity contribution is 0.339. The van der Waals surface area contributed by atoms with E-state index in [4.69, 9.17) is 15.9 Å². The number of nitrogens with one attached hydrogen (secondary N) is 2. The summed E-state index contributed by atoms with van der Waals surface area (Å²) in [6.07, 6.45) is 6.98. The minimum Gasteiger partial charge on any atom is -0.494 e. The highest BCUT2D eigenvalue weighted by atomic mass is 16.5. The molecule has 2 rings (SSSR count). The van der Waals surface area contributed by atoms with E-state index in [2.05, 4.69) is 26.5 Å². The van der Waals surface area contributed by atoms with Crippen LogP contribution in [-0.4, -0.2) is 30.6 Å². The van der Waals surface area contributed by atoms with Gasteiger partial charge in [0.2, 0.25) is 5.88 Å². The fourth-order valence-electron chi connectivity index (χ4n) is 2.14. The van der Waals surface area contributed by atoms with Gasteiger partial charge >= 0.3 is 0 Å². The molecule has 0 fully saturated rings. The summed E-state index contributed by atoms with van der Waals surface area (Å²) >= 11 is 0. The van der Waals surface area contributed by atoms with Crippen LogP contribution in [-0.2, 0) is 6.54 Å².